The molecule has 3 aromatic rings. The van der Waals surface area contributed by atoms with E-state index in [9.17, 15) is 4.79 Å². The third kappa shape index (κ3) is 3.35. The van der Waals surface area contributed by atoms with Crippen molar-refractivity contribution in [3.05, 3.63) is 42.2 Å². The lowest BCUT2D eigenvalue weighted by Gasteiger charge is -2.11. The van der Waals surface area contributed by atoms with Gasteiger partial charge in [0.2, 0.25) is 0 Å². The fourth-order valence-electron chi connectivity index (χ4n) is 2.70. The zero-order valence-corrected chi connectivity index (χ0v) is 14.6. The Kier molecular flexibility index (Phi) is 5.02. The molecule has 0 radical (unpaired) electrons. The van der Waals surface area contributed by atoms with Crippen molar-refractivity contribution in [3.8, 4) is 11.3 Å². The summed E-state index contributed by atoms with van der Waals surface area (Å²) in [6.07, 6.45) is 7.07. The first-order chi connectivity index (χ1) is 12.2. The number of nitrogens with zero attached hydrogens (tertiary/aromatic N) is 5. The summed E-state index contributed by atoms with van der Waals surface area (Å²) in [4.78, 5) is 21.0. The average Bonchev–Trinajstić information content (AvgIpc) is 3.06. The zero-order valence-electron chi connectivity index (χ0n) is 14.6. The topological polar surface area (TPSA) is 82.3 Å². The molecule has 0 spiro atoms. The third-order valence-corrected chi connectivity index (χ3v) is 3.96. The van der Waals surface area contributed by atoms with Crippen LogP contribution in [-0.2, 0) is 16.0 Å². The Hall–Kier alpha value is -2.83. The van der Waals surface area contributed by atoms with Crippen molar-refractivity contribution in [3.63, 3.8) is 0 Å². The van der Waals surface area contributed by atoms with Crippen molar-refractivity contribution in [2.75, 3.05) is 6.61 Å². The molecule has 0 fully saturated rings. The molecule has 25 heavy (non-hydrogen) atoms. The number of rotatable bonds is 6. The van der Waals surface area contributed by atoms with Crippen LogP contribution in [0.3, 0.4) is 0 Å². The normalized spacial score (nSPS) is 12.3. The van der Waals surface area contributed by atoms with E-state index in [-0.39, 0.29) is 5.97 Å². The number of aryl methyl sites for hydroxylation is 1. The molecular weight excluding hydrogens is 318 g/mol. The summed E-state index contributed by atoms with van der Waals surface area (Å²) < 4.78 is 6.97. The molecule has 130 valence electrons. The van der Waals surface area contributed by atoms with Crippen LogP contribution in [0.1, 0.15) is 44.6 Å². The number of carbonyl (C=O) groups is 1. The number of aromatic nitrogens is 5. The van der Waals surface area contributed by atoms with Crippen LogP contribution in [0.4, 0.5) is 0 Å². The Bertz CT molecular complexity index is 876. The fraction of sp³-hybridized carbons (Fsp3) is 0.389. The minimum Gasteiger partial charge on any atom is -0.465 e. The Morgan fingerprint density at radius 3 is 2.84 bits per heavy atom. The van der Waals surface area contributed by atoms with E-state index in [1.807, 2.05) is 22.7 Å². The van der Waals surface area contributed by atoms with E-state index in [1.165, 1.54) is 0 Å². The predicted molar refractivity (Wildman–Crippen MR) is 93.1 cm³/mol. The van der Waals surface area contributed by atoms with Crippen molar-refractivity contribution in [1.82, 2.24) is 24.6 Å². The molecule has 3 aromatic heterocycles. The number of carbonyl (C=O) groups excluding carboxylic acids is 1. The number of pyridine rings is 1. The van der Waals surface area contributed by atoms with Crippen molar-refractivity contribution in [1.29, 1.82) is 0 Å². The van der Waals surface area contributed by atoms with Gasteiger partial charge in [0.05, 0.1) is 18.0 Å². The molecule has 0 N–H and O–H groups in total. The number of ether oxygens (including phenoxy) is 1. The molecule has 0 saturated carbocycles. The van der Waals surface area contributed by atoms with Crippen molar-refractivity contribution in [2.24, 2.45) is 0 Å². The standard InChI is InChI=1S/C18H21N5O2/c1-4-7-14-17-22-21-16(12(3)18(24)25-5-2)23(17)11-15(20-14)13-8-6-9-19-10-13/h6,8-12H,4-5,7H2,1-3H3. The van der Waals surface area contributed by atoms with E-state index in [2.05, 4.69) is 22.1 Å². The van der Waals surface area contributed by atoms with Gasteiger partial charge in [-0.25, -0.2) is 4.98 Å². The van der Waals surface area contributed by atoms with Crippen molar-refractivity contribution in [2.45, 2.75) is 39.5 Å². The number of fused-ring (bicyclic) bond motifs is 1. The molecule has 0 aliphatic carbocycles. The summed E-state index contributed by atoms with van der Waals surface area (Å²) in [5, 5.41) is 8.50. The first-order valence-corrected chi connectivity index (χ1v) is 8.47. The van der Waals surface area contributed by atoms with Gasteiger partial charge in [-0.05, 0) is 32.4 Å². The van der Waals surface area contributed by atoms with Gasteiger partial charge < -0.3 is 4.74 Å². The number of hydrogen-bond donors (Lipinski definition) is 0. The van der Waals surface area contributed by atoms with Crippen LogP contribution in [0.5, 0.6) is 0 Å². The van der Waals surface area contributed by atoms with Crippen LogP contribution in [0.2, 0.25) is 0 Å². The van der Waals surface area contributed by atoms with Gasteiger partial charge in [0, 0.05) is 24.2 Å². The van der Waals surface area contributed by atoms with E-state index >= 15 is 0 Å². The number of hydrogen-bond acceptors (Lipinski definition) is 6. The Labute approximate surface area is 146 Å². The lowest BCUT2D eigenvalue weighted by molar-refractivity contribution is -0.144. The summed E-state index contributed by atoms with van der Waals surface area (Å²) in [7, 11) is 0. The van der Waals surface area contributed by atoms with Gasteiger partial charge in [-0.15, -0.1) is 10.2 Å². The summed E-state index contributed by atoms with van der Waals surface area (Å²) in [5.74, 6) is -0.263. The van der Waals surface area contributed by atoms with Gasteiger partial charge in [0.25, 0.3) is 0 Å². The lowest BCUT2D eigenvalue weighted by atomic mass is 10.1. The zero-order chi connectivity index (χ0) is 17.8. The van der Waals surface area contributed by atoms with Gasteiger partial charge >= 0.3 is 5.97 Å². The quantitative estimate of drug-likeness (QED) is 0.642. The molecule has 1 atom stereocenters. The van der Waals surface area contributed by atoms with Gasteiger partial charge in [0.1, 0.15) is 5.92 Å². The molecule has 0 amide bonds. The largest absolute Gasteiger partial charge is 0.465 e. The van der Waals surface area contributed by atoms with E-state index < -0.39 is 5.92 Å². The molecule has 3 rings (SSSR count). The molecule has 7 heteroatoms. The van der Waals surface area contributed by atoms with Gasteiger partial charge in [-0.3, -0.25) is 14.2 Å². The number of esters is 1. The summed E-state index contributed by atoms with van der Waals surface area (Å²) >= 11 is 0. The van der Waals surface area contributed by atoms with Gasteiger partial charge in [0.15, 0.2) is 11.5 Å². The molecule has 1 unspecified atom stereocenters. The molecular formula is C18H21N5O2. The van der Waals surface area contributed by atoms with E-state index in [0.29, 0.717) is 18.1 Å². The Balaban J connectivity index is 2.14. The van der Waals surface area contributed by atoms with Crippen LogP contribution in [0, 0.1) is 0 Å². The predicted octanol–water partition coefficient (Wildman–Crippen LogP) is 2.81. The first kappa shape index (κ1) is 17.0. The second kappa shape index (κ2) is 7.38. The monoisotopic (exact) mass is 339 g/mol. The highest BCUT2D eigenvalue weighted by Gasteiger charge is 2.24. The molecule has 0 aliphatic heterocycles. The average molecular weight is 339 g/mol. The minimum atomic E-state index is -0.506. The third-order valence-electron chi connectivity index (χ3n) is 3.96. The highest BCUT2D eigenvalue weighted by molar-refractivity contribution is 5.77. The van der Waals surface area contributed by atoms with Crippen LogP contribution < -0.4 is 0 Å². The van der Waals surface area contributed by atoms with Crippen LogP contribution in [0.25, 0.3) is 16.9 Å². The lowest BCUT2D eigenvalue weighted by Crippen LogP contribution is -2.16. The second-order valence-electron chi connectivity index (χ2n) is 5.79. The van der Waals surface area contributed by atoms with E-state index in [0.717, 1.165) is 29.8 Å². The highest BCUT2D eigenvalue weighted by Crippen LogP contribution is 2.23. The van der Waals surface area contributed by atoms with Gasteiger partial charge in [-0.1, -0.05) is 13.3 Å². The van der Waals surface area contributed by atoms with Crippen molar-refractivity contribution < 1.29 is 9.53 Å². The SMILES string of the molecule is CCCc1nc(-c2cccnc2)cn2c(C(C)C(=O)OCC)nnc12. The van der Waals surface area contributed by atoms with Crippen LogP contribution in [0.15, 0.2) is 30.7 Å². The second-order valence-corrected chi connectivity index (χ2v) is 5.79. The molecule has 0 saturated heterocycles. The highest BCUT2D eigenvalue weighted by atomic mass is 16.5. The molecule has 0 aliphatic rings. The molecule has 0 bridgehead atoms. The summed E-state index contributed by atoms with van der Waals surface area (Å²) in [5.41, 5.74) is 3.23. The fourth-order valence-corrected chi connectivity index (χ4v) is 2.70. The maximum Gasteiger partial charge on any atom is 0.316 e. The van der Waals surface area contributed by atoms with Crippen LogP contribution >= 0.6 is 0 Å². The molecule has 7 nitrogen and oxygen atoms in total. The summed E-state index contributed by atoms with van der Waals surface area (Å²) in [6, 6.07) is 3.82. The van der Waals surface area contributed by atoms with Gasteiger partial charge in [-0.2, -0.15) is 0 Å². The molecule has 3 heterocycles. The van der Waals surface area contributed by atoms with Crippen molar-refractivity contribution >= 4 is 11.6 Å². The van der Waals surface area contributed by atoms with E-state index in [4.69, 9.17) is 9.72 Å². The van der Waals surface area contributed by atoms with E-state index in [1.54, 1.807) is 26.2 Å². The maximum atomic E-state index is 12.1. The minimum absolute atomic E-state index is 0.311. The summed E-state index contributed by atoms with van der Waals surface area (Å²) in [6.45, 7) is 5.99. The Morgan fingerprint density at radius 2 is 2.16 bits per heavy atom. The first-order valence-electron chi connectivity index (χ1n) is 8.47. The maximum absolute atomic E-state index is 12.1. The Morgan fingerprint density at radius 1 is 1.32 bits per heavy atom. The molecule has 0 aromatic carbocycles. The smallest absolute Gasteiger partial charge is 0.316 e. The van der Waals surface area contributed by atoms with Crippen LogP contribution in [-0.4, -0.2) is 37.1 Å².